The number of hydrogen-bond donors (Lipinski definition) is 1. The van der Waals surface area contributed by atoms with E-state index in [-0.39, 0.29) is 6.54 Å². The Bertz CT molecular complexity index is 777. The molecule has 1 saturated heterocycles. The number of benzene rings is 1. The van der Waals surface area contributed by atoms with Gasteiger partial charge in [0, 0.05) is 0 Å². The number of carbonyl (C=O) groups is 3. The lowest BCUT2D eigenvalue weighted by Gasteiger charge is -2.10. The summed E-state index contributed by atoms with van der Waals surface area (Å²) in [7, 11) is 0. The summed E-state index contributed by atoms with van der Waals surface area (Å²) < 4.78 is 6.66. The van der Waals surface area contributed by atoms with E-state index < -0.39 is 23.7 Å². The number of terminal acetylenes is 1. The van der Waals surface area contributed by atoms with Gasteiger partial charge in [-0.15, -0.1) is 6.42 Å². The third kappa shape index (κ3) is 4.42. The van der Waals surface area contributed by atoms with Crippen LogP contribution in [0, 0.1) is 19.5 Å². The minimum atomic E-state index is -1.06. The summed E-state index contributed by atoms with van der Waals surface area (Å²) in [6.45, 7) is -0.491. The summed E-state index contributed by atoms with van der Waals surface area (Å²) in [5.74, 6) is 1.27. The van der Waals surface area contributed by atoms with Crippen LogP contribution in [0.3, 0.4) is 0 Å². The van der Waals surface area contributed by atoms with E-state index in [0.717, 1.165) is 16.7 Å². The Labute approximate surface area is 169 Å². The zero-order valence-electron chi connectivity index (χ0n) is 11.9. The molecule has 1 aromatic carbocycles. The highest BCUT2D eigenvalue weighted by Gasteiger charge is 2.34. The number of carboxylic acids is 1. The van der Waals surface area contributed by atoms with Gasteiger partial charge in [-0.25, -0.2) is 4.79 Å². The van der Waals surface area contributed by atoms with Crippen molar-refractivity contribution in [1.29, 1.82) is 0 Å². The Morgan fingerprint density at radius 1 is 1.38 bits per heavy atom. The molecule has 1 fully saturated rings. The Morgan fingerprint density at radius 2 is 2.00 bits per heavy atom. The molecule has 124 valence electrons. The van der Waals surface area contributed by atoms with Crippen molar-refractivity contribution in [2.45, 2.75) is 0 Å². The zero-order valence-corrected chi connectivity index (χ0v) is 17.0. The molecule has 2 rings (SSSR count). The molecule has 0 atom stereocenters. The van der Waals surface area contributed by atoms with Gasteiger partial charge in [-0.2, -0.15) is 0 Å². The fourth-order valence-electron chi connectivity index (χ4n) is 1.81. The van der Waals surface area contributed by atoms with E-state index in [1.165, 1.54) is 0 Å². The van der Waals surface area contributed by atoms with Crippen molar-refractivity contribution >= 4 is 80.1 Å². The maximum absolute atomic E-state index is 12.2. The predicted octanol–water partition coefficient (Wildman–Crippen LogP) is 3.03. The number of imide groups is 1. The van der Waals surface area contributed by atoms with Gasteiger partial charge in [0.1, 0.15) is 5.75 Å². The van der Waals surface area contributed by atoms with Crippen molar-refractivity contribution in [3.05, 3.63) is 29.7 Å². The van der Waals surface area contributed by atoms with Crippen LogP contribution in [0.15, 0.2) is 17.0 Å². The highest BCUT2D eigenvalue weighted by Crippen LogP contribution is 2.34. The highest BCUT2D eigenvalue weighted by atomic mass is 127. The van der Waals surface area contributed by atoms with Gasteiger partial charge in [-0.05, 0) is 80.7 Å². The summed E-state index contributed by atoms with van der Waals surface area (Å²) in [5, 5.41) is 8.30. The van der Waals surface area contributed by atoms with Crippen LogP contribution in [0.25, 0.3) is 6.08 Å². The first-order chi connectivity index (χ1) is 11.3. The lowest BCUT2D eigenvalue weighted by molar-refractivity contribution is -0.139. The van der Waals surface area contributed by atoms with Crippen LogP contribution in [0.4, 0.5) is 4.79 Å². The first-order valence-corrected chi connectivity index (χ1v) is 9.33. The summed E-state index contributed by atoms with van der Waals surface area (Å²) in [5.41, 5.74) is 0.706. The van der Waals surface area contributed by atoms with Crippen LogP contribution in [0.2, 0.25) is 0 Å². The molecule has 0 bridgehead atoms. The van der Waals surface area contributed by atoms with Crippen molar-refractivity contribution in [3.8, 4) is 18.1 Å². The quantitative estimate of drug-likeness (QED) is 0.334. The SMILES string of the molecule is C#CCN1C(=O)S/C(=C/c2cc(I)c(OCC(=O)O)c(I)c2)C1=O. The second-order valence-corrected chi connectivity index (χ2v) is 7.79. The third-order valence-corrected chi connectivity index (χ3v) is 5.29. The highest BCUT2D eigenvalue weighted by molar-refractivity contribution is 14.1. The van der Waals surface area contributed by atoms with Crippen LogP contribution in [-0.4, -0.2) is 40.3 Å². The minimum Gasteiger partial charge on any atom is -0.480 e. The number of thioether (sulfide) groups is 1. The van der Waals surface area contributed by atoms with Gasteiger partial charge >= 0.3 is 5.97 Å². The van der Waals surface area contributed by atoms with Crippen LogP contribution >= 0.6 is 56.9 Å². The molecule has 0 saturated carbocycles. The Kier molecular flexibility index (Phi) is 6.53. The minimum absolute atomic E-state index is 0.0565. The second kappa shape index (κ2) is 8.21. The summed E-state index contributed by atoms with van der Waals surface area (Å²) in [6.07, 6.45) is 6.76. The molecule has 0 unspecified atom stereocenters. The van der Waals surface area contributed by atoms with Gasteiger partial charge in [0.15, 0.2) is 6.61 Å². The molecular weight excluding hydrogens is 560 g/mol. The van der Waals surface area contributed by atoms with Crippen molar-refractivity contribution in [2.75, 3.05) is 13.2 Å². The number of nitrogens with zero attached hydrogens (tertiary/aromatic N) is 1. The number of carboxylic acid groups (broad SMARTS) is 1. The van der Waals surface area contributed by atoms with E-state index in [0.29, 0.717) is 23.4 Å². The number of rotatable bonds is 5. The zero-order chi connectivity index (χ0) is 17.9. The Morgan fingerprint density at radius 3 is 2.54 bits per heavy atom. The number of halogens is 2. The molecule has 24 heavy (non-hydrogen) atoms. The first-order valence-electron chi connectivity index (χ1n) is 6.36. The number of aliphatic carboxylic acids is 1. The van der Waals surface area contributed by atoms with Gasteiger partial charge in [0.25, 0.3) is 11.1 Å². The van der Waals surface area contributed by atoms with Gasteiger partial charge < -0.3 is 9.84 Å². The lowest BCUT2D eigenvalue weighted by Crippen LogP contribution is -2.28. The van der Waals surface area contributed by atoms with Crippen molar-refractivity contribution < 1.29 is 24.2 Å². The molecule has 6 nitrogen and oxygen atoms in total. The maximum atomic E-state index is 12.2. The standard InChI is InChI=1S/C15H9I2NO5S/c1-2-3-18-14(21)11(24-15(18)22)6-8-4-9(16)13(10(17)5-8)23-7-12(19)20/h1,4-6H,3,7H2,(H,19,20)/b11-6+. The molecule has 1 aromatic rings. The monoisotopic (exact) mass is 569 g/mol. The fraction of sp³-hybridized carbons (Fsp3) is 0.133. The Hall–Kier alpha value is -1.26. The molecule has 2 amide bonds. The molecule has 1 aliphatic heterocycles. The summed E-state index contributed by atoms with van der Waals surface area (Å²) >= 11 is 4.88. The van der Waals surface area contributed by atoms with E-state index >= 15 is 0 Å². The van der Waals surface area contributed by atoms with E-state index in [2.05, 4.69) is 5.92 Å². The molecule has 0 spiro atoms. The predicted molar refractivity (Wildman–Crippen MR) is 107 cm³/mol. The second-order valence-electron chi connectivity index (χ2n) is 4.47. The van der Waals surface area contributed by atoms with Crippen molar-refractivity contribution in [3.63, 3.8) is 0 Å². The van der Waals surface area contributed by atoms with Crippen LogP contribution < -0.4 is 4.74 Å². The number of amides is 2. The average Bonchev–Trinajstić information content (AvgIpc) is 2.74. The lowest BCUT2D eigenvalue weighted by atomic mass is 10.2. The van der Waals surface area contributed by atoms with Crippen molar-refractivity contribution in [1.82, 2.24) is 4.90 Å². The normalized spacial score (nSPS) is 15.7. The molecule has 0 aliphatic carbocycles. The number of ether oxygens (including phenoxy) is 1. The van der Waals surface area contributed by atoms with Crippen LogP contribution in [-0.2, 0) is 9.59 Å². The molecule has 9 heteroatoms. The van der Waals surface area contributed by atoms with Crippen molar-refractivity contribution in [2.24, 2.45) is 0 Å². The van der Waals surface area contributed by atoms with E-state index in [9.17, 15) is 14.4 Å². The number of hydrogen-bond acceptors (Lipinski definition) is 5. The molecule has 0 aromatic heterocycles. The van der Waals surface area contributed by atoms with Crippen LogP contribution in [0.1, 0.15) is 5.56 Å². The smallest absolute Gasteiger partial charge is 0.341 e. The van der Waals surface area contributed by atoms with E-state index in [4.69, 9.17) is 16.3 Å². The number of carbonyl (C=O) groups excluding carboxylic acids is 2. The molecule has 1 heterocycles. The van der Waals surface area contributed by atoms with Crippen LogP contribution in [0.5, 0.6) is 5.75 Å². The fourth-order valence-corrected chi connectivity index (χ4v) is 4.78. The first kappa shape index (κ1) is 19.1. The maximum Gasteiger partial charge on any atom is 0.341 e. The van der Waals surface area contributed by atoms with Gasteiger partial charge in [-0.3, -0.25) is 14.5 Å². The Balaban J connectivity index is 2.28. The molecular formula is C15H9I2NO5S. The van der Waals surface area contributed by atoms with Gasteiger partial charge in [0.2, 0.25) is 0 Å². The molecule has 1 N–H and O–H groups in total. The average molecular weight is 569 g/mol. The molecule has 1 aliphatic rings. The topological polar surface area (TPSA) is 83.9 Å². The van der Waals surface area contributed by atoms with E-state index in [1.807, 2.05) is 45.2 Å². The molecule has 0 radical (unpaired) electrons. The van der Waals surface area contributed by atoms with Gasteiger partial charge in [0.05, 0.1) is 18.6 Å². The largest absolute Gasteiger partial charge is 0.480 e. The summed E-state index contributed by atoms with van der Waals surface area (Å²) in [6, 6.07) is 3.49. The van der Waals surface area contributed by atoms with E-state index in [1.54, 1.807) is 18.2 Å². The summed E-state index contributed by atoms with van der Waals surface area (Å²) in [4.78, 5) is 35.8. The third-order valence-electron chi connectivity index (χ3n) is 2.78. The van der Waals surface area contributed by atoms with Gasteiger partial charge in [-0.1, -0.05) is 5.92 Å².